The molecule has 148 valence electrons. The molecule has 1 aromatic rings. The van der Waals surface area contributed by atoms with Crippen LogP contribution in [0.15, 0.2) is 22.7 Å². The number of carbonyl (C=O) groups excluding carboxylic acids is 4. The fraction of sp³-hybridized carbons (Fsp3) is 0.474. The predicted molar refractivity (Wildman–Crippen MR) is 104 cm³/mol. The maximum atomic E-state index is 13.4. The molecule has 0 aromatic heterocycles. The van der Waals surface area contributed by atoms with Gasteiger partial charge in [-0.3, -0.25) is 29.4 Å². The first kappa shape index (κ1) is 19.1. The topological polar surface area (TPSA) is 122 Å². The quantitative estimate of drug-likeness (QED) is 0.578. The number of nitrogens with zero attached hydrogens (tertiary/aromatic N) is 1. The van der Waals surface area contributed by atoms with Crippen LogP contribution < -0.4 is 16.4 Å². The minimum absolute atomic E-state index is 0.142. The molecular formula is C19H21BrN4O4. The van der Waals surface area contributed by atoms with Gasteiger partial charge < -0.3 is 11.1 Å². The molecule has 3 aliphatic heterocycles. The fourth-order valence-electron chi connectivity index (χ4n) is 4.83. The van der Waals surface area contributed by atoms with Crippen LogP contribution in [-0.2, 0) is 24.7 Å². The van der Waals surface area contributed by atoms with Crippen LogP contribution in [-0.4, -0.2) is 40.1 Å². The molecule has 8 nitrogen and oxygen atoms in total. The zero-order chi connectivity index (χ0) is 20.6. The number of benzene rings is 1. The van der Waals surface area contributed by atoms with Crippen LogP contribution in [0.2, 0.25) is 0 Å². The Labute approximate surface area is 170 Å². The van der Waals surface area contributed by atoms with Crippen molar-refractivity contribution in [3.63, 3.8) is 0 Å². The lowest BCUT2D eigenvalue weighted by Crippen LogP contribution is -2.56. The van der Waals surface area contributed by atoms with E-state index in [0.29, 0.717) is 11.3 Å². The summed E-state index contributed by atoms with van der Waals surface area (Å²) in [5.41, 5.74) is 4.40. The number of rotatable bonds is 2. The molecule has 3 aliphatic rings. The molecule has 3 heterocycles. The molecular weight excluding hydrogens is 428 g/mol. The van der Waals surface area contributed by atoms with Gasteiger partial charge in [-0.2, -0.15) is 0 Å². The highest BCUT2D eigenvalue weighted by Gasteiger charge is 2.71. The van der Waals surface area contributed by atoms with Gasteiger partial charge in [0.1, 0.15) is 5.54 Å². The highest BCUT2D eigenvalue weighted by atomic mass is 79.9. The third-order valence-corrected chi connectivity index (χ3v) is 6.26. The molecule has 2 fully saturated rings. The Morgan fingerprint density at radius 1 is 1.25 bits per heavy atom. The number of nitrogens with one attached hydrogen (secondary N) is 2. The summed E-state index contributed by atoms with van der Waals surface area (Å²) in [7, 11) is 0. The molecule has 0 aliphatic carbocycles. The second kappa shape index (κ2) is 5.87. The van der Waals surface area contributed by atoms with Gasteiger partial charge in [0, 0.05) is 33.7 Å². The van der Waals surface area contributed by atoms with Gasteiger partial charge in [0.25, 0.3) is 0 Å². The molecule has 4 N–H and O–H groups in total. The van der Waals surface area contributed by atoms with Crippen molar-refractivity contribution in [2.75, 3.05) is 5.32 Å². The van der Waals surface area contributed by atoms with Gasteiger partial charge in [0.15, 0.2) is 0 Å². The average Bonchev–Trinajstić information content (AvgIpc) is 3.12. The number of imide groups is 1. The summed E-state index contributed by atoms with van der Waals surface area (Å²) in [5.74, 6) is -3.58. The number of primary amides is 1. The smallest absolute Gasteiger partial charge is 0.250 e. The zero-order valence-electron chi connectivity index (χ0n) is 15.7. The second-order valence-electron chi connectivity index (χ2n) is 8.56. The van der Waals surface area contributed by atoms with E-state index < -0.39 is 46.7 Å². The summed E-state index contributed by atoms with van der Waals surface area (Å²) in [6.07, 6.45) is -0.142. The van der Waals surface area contributed by atoms with E-state index >= 15 is 0 Å². The SMILES string of the molecule is CC(C)(C)N1C(=O)[C@@H]2[C@H](CC(N)=O)N[C@]3(C(=O)Nc4ccc(Br)cc43)[C@@H]2C1=O. The van der Waals surface area contributed by atoms with Gasteiger partial charge in [-0.25, -0.2) is 0 Å². The molecule has 0 bridgehead atoms. The number of carbonyl (C=O) groups is 4. The molecule has 1 aromatic carbocycles. The van der Waals surface area contributed by atoms with Crippen molar-refractivity contribution < 1.29 is 19.2 Å². The van der Waals surface area contributed by atoms with Crippen LogP contribution in [0.4, 0.5) is 5.69 Å². The van der Waals surface area contributed by atoms with E-state index in [1.165, 1.54) is 4.90 Å². The van der Waals surface area contributed by atoms with Gasteiger partial charge in [0.05, 0.1) is 11.8 Å². The van der Waals surface area contributed by atoms with Crippen LogP contribution in [0.1, 0.15) is 32.8 Å². The molecule has 4 rings (SSSR count). The molecule has 28 heavy (non-hydrogen) atoms. The lowest BCUT2D eigenvalue weighted by molar-refractivity contribution is -0.147. The fourth-order valence-corrected chi connectivity index (χ4v) is 5.19. The van der Waals surface area contributed by atoms with Crippen molar-refractivity contribution in [3.8, 4) is 0 Å². The third kappa shape index (κ3) is 2.39. The van der Waals surface area contributed by atoms with E-state index in [2.05, 4.69) is 26.6 Å². The van der Waals surface area contributed by atoms with E-state index in [4.69, 9.17) is 5.73 Å². The van der Waals surface area contributed by atoms with E-state index in [-0.39, 0.29) is 12.3 Å². The maximum Gasteiger partial charge on any atom is 0.250 e. The van der Waals surface area contributed by atoms with Crippen LogP contribution in [0, 0.1) is 11.8 Å². The van der Waals surface area contributed by atoms with Crippen molar-refractivity contribution >= 4 is 45.2 Å². The number of fused-ring (bicyclic) bond motifs is 4. The number of hydrogen-bond acceptors (Lipinski definition) is 5. The lowest BCUT2D eigenvalue weighted by atomic mass is 9.76. The Hall–Kier alpha value is -2.26. The summed E-state index contributed by atoms with van der Waals surface area (Å²) in [5, 5.41) is 5.98. The van der Waals surface area contributed by atoms with Crippen molar-refractivity contribution in [1.29, 1.82) is 0 Å². The van der Waals surface area contributed by atoms with E-state index in [1.54, 1.807) is 39.0 Å². The largest absolute Gasteiger partial charge is 0.370 e. The summed E-state index contributed by atoms with van der Waals surface area (Å²) in [6, 6.07) is 4.59. The van der Waals surface area contributed by atoms with Crippen molar-refractivity contribution in [1.82, 2.24) is 10.2 Å². The molecule has 0 unspecified atom stereocenters. The summed E-state index contributed by atoms with van der Waals surface area (Å²) >= 11 is 3.41. The highest BCUT2D eigenvalue weighted by Crippen LogP contribution is 2.54. The molecule has 2 saturated heterocycles. The van der Waals surface area contributed by atoms with Crippen LogP contribution in [0.3, 0.4) is 0 Å². The molecule has 1 spiro atoms. The second-order valence-corrected chi connectivity index (χ2v) is 9.48. The molecule has 4 atom stereocenters. The number of anilines is 1. The normalized spacial score (nSPS) is 31.4. The first-order valence-corrected chi connectivity index (χ1v) is 9.83. The average molecular weight is 449 g/mol. The molecule has 0 radical (unpaired) electrons. The zero-order valence-corrected chi connectivity index (χ0v) is 17.3. The van der Waals surface area contributed by atoms with Gasteiger partial charge in [-0.05, 0) is 39.0 Å². The molecule has 4 amide bonds. The van der Waals surface area contributed by atoms with E-state index in [1.807, 2.05) is 0 Å². The van der Waals surface area contributed by atoms with Gasteiger partial charge in [-0.1, -0.05) is 15.9 Å². The summed E-state index contributed by atoms with van der Waals surface area (Å²) in [4.78, 5) is 52.7. The number of amides is 4. The number of likely N-dealkylation sites (tertiary alicyclic amines) is 1. The monoisotopic (exact) mass is 448 g/mol. The van der Waals surface area contributed by atoms with Crippen molar-refractivity contribution in [2.24, 2.45) is 17.6 Å². The first-order chi connectivity index (χ1) is 13.0. The lowest BCUT2D eigenvalue weighted by Gasteiger charge is -2.34. The number of hydrogen-bond donors (Lipinski definition) is 3. The minimum atomic E-state index is -1.42. The highest BCUT2D eigenvalue weighted by molar-refractivity contribution is 9.10. The van der Waals surface area contributed by atoms with Crippen LogP contribution in [0.5, 0.6) is 0 Å². The predicted octanol–water partition coefficient (Wildman–Crippen LogP) is 0.843. The van der Waals surface area contributed by atoms with Crippen LogP contribution >= 0.6 is 15.9 Å². The molecule has 0 saturated carbocycles. The third-order valence-electron chi connectivity index (χ3n) is 5.77. The number of halogens is 1. The Kier molecular flexibility index (Phi) is 4.00. The molecule has 9 heteroatoms. The van der Waals surface area contributed by atoms with Crippen molar-refractivity contribution in [2.45, 2.75) is 44.3 Å². The number of nitrogens with two attached hydrogens (primary N) is 1. The summed E-state index contributed by atoms with van der Waals surface area (Å²) < 4.78 is 0.739. The Bertz CT molecular complexity index is 940. The summed E-state index contributed by atoms with van der Waals surface area (Å²) in [6.45, 7) is 5.31. The Balaban J connectivity index is 1.92. The van der Waals surface area contributed by atoms with Gasteiger partial charge >= 0.3 is 0 Å². The maximum absolute atomic E-state index is 13.4. The minimum Gasteiger partial charge on any atom is -0.370 e. The van der Waals surface area contributed by atoms with E-state index in [0.717, 1.165) is 4.47 Å². The van der Waals surface area contributed by atoms with Crippen molar-refractivity contribution in [3.05, 3.63) is 28.2 Å². The first-order valence-electron chi connectivity index (χ1n) is 9.04. The van der Waals surface area contributed by atoms with Crippen LogP contribution in [0.25, 0.3) is 0 Å². The Morgan fingerprint density at radius 2 is 1.93 bits per heavy atom. The van der Waals surface area contributed by atoms with Gasteiger partial charge in [0.2, 0.25) is 23.6 Å². The Morgan fingerprint density at radius 3 is 2.54 bits per heavy atom. The standard InChI is InChI=1S/C19H21BrN4O4/c1-18(2,3)24-15(26)13-11(7-12(21)25)23-19(14(13)16(24)27)9-6-8(20)4-5-10(9)22-17(19)28/h4-6,11,13-14,23H,7H2,1-3H3,(H2,21,25)(H,22,28)/t11-,13+,14-,19-/m0/s1. The van der Waals surface area contributed by atoms with E-state index in [9.17, 15) is 19.2 Å². The van der Waals surface area contributed by atoms with Gasteiger partial charge in [-0.15, -0.1) is 0 Å².